The van der Waals surface area contributed by atoms with Crippen molar-refractivity contribution in [2.45, 2.75) is 39.2 Å². The highest BCUT2D eigenvalue weighted by molar-refractivity contribution is 5.55. The molecule has 0 aromatic heterocycles. The fourth-order valence-electron chi connectivity index (χ4n) is 3.87. The van der Waals surface area contributed by atoms with Crippen LogP contribution >= 0.6 is 0 Å². The summed E-state index contributed by atoms with van der Waals surface area (Å²) in [7, 11) is 0. The Morgan fingerprint density at radius 3 is 2.39 bits per heavy atom. The van der Waals surface area contributed by atoms with E-state index in [2.05, 4.69) is 36.9 Å². The van der Waals surface area contributed by atoms with Crippen molar-refractivity contribution in [1.29, 1.82) is 0 Å². The van der Waals surface area contributed by atoms with E-state index in [1.165, 1.54) is 49.2 Å². The average Bonchev–Trinajstić information content (AvgIpc) is 2.30. The van der Waals surface area contributed by atoms with Gasteiger partial charge in [0.1, 0.15) is 0 Å². The number of aryl methyl sites for hydroxylation is 2. The van der Waals surface area contributed by atoms with Gasteiger partial charge in [-0.2, -0.15) is 0 Å². The molecule has 98 valence electrons. The van der Waals surface area contributed by atoms with Gasteiger partial charge in [-0.15, -0.1) is 0 Å². The van der Waals surface area contributed by atoms with Crippen LogP contribution in [0.25, 0.3) is 0 Å². The average molecular weight is 244 g/mol. The van der Waals surface area contributed by atoms with Crippen molar-refractivity contribution in [3.8, 4) is 0 Å². The van der Waals surface area contributed by atoms with Crippen LogP contribution in [0.2, 0.25) is 0 Å². The number of hydrogen-bond acceptors (Lipinski definition) is 2. The lowest BCUT2D eigenvalue weighted by Gasteiger charge is -2.45. The van der Waals surface area contributed by atoms with E-state index in [-0.39, 0.29) is 0 Å². The molecule has 1 aliphatic carbocycles. The molecule has 2 heteroatoms. The Bertz CT molecular complexity index is 423. The number of fused-ring (bicyclic) bond motifs is 2. The van der Waals surface area contributed by atoms with Gasteiger partial charge in [-0.3, -0.25) is 0 Å². The molecule has 1 saturated heterocycles. The van der Waals surface area contributed by atoms with Crippen LogP contribution in [0, 0.1) is 25.7 Å². The maximum Gasteiger partial charge on any atom is 0.0398 e. The third-order valence-electron chi connectivity index (χ3n) is 4.60. The zero-order valence-corrected chi connectivity index (χ0v) is 11.5. The lowest BCUT2D eigenvalue weighted by atomic mass is 9.75. The monoisotopic (exact) mass is 244 g/mol. The first-order valence-electron chi connectivity index (χ1n) is 7.19. The number of hydrogen-bond donors (Lipinski definition) is 1. The summed E-state index contributed by atoms with van der Waals surface area (Å²) in [5, 5.41) is 0. The summed E-state index contributed by atoms with van der Waals surface area (Å²) < 4.78 is 0. The van der Waals surface area contributed by atoms with Crippen molar-refractivity contribution >= 4 is 5.69 Å². The summed E-state index contributed by atoms with van der Waals surface area (Å²) in [5.74, 6) is 1.62. The van der Waals surface area contributed by atoms with Crippen LogP contribution in [0.1, 0.15) is 30.4 Å². The van der Waals surface area contributed by atoms with Crippen molar-refractivity contribution in [2.75, 3.05) is 18.0 Å². The maximum absolute atomic E-state index is 6.14. The topological polar surface area (TPSA) is 29.3 Å². The molecule has 3 rings (SSSR count). The minimum Gasteiger partial charge on any atom is -0.371 e. The van der Waals surface area contributed by atoms with Crippen molar-refractivity contribution in [2.24, 2.45) is 17.6 Å². The summed E-state index contributed by atoms with van der Waals surface area (Å²) in [4.78, 5) is 2.60. The van der Waals surface area contributed by atoms with Gasteiger partial charge in [0.2, 0.25) is 0 Å². The highest BCUT2D eigenvalue weighted by atomic mass is 15.1. The molecule has 1 aromatic carbocycles. The largest absolute Gasteiger partial charge is 0.371 e. The van der Waals surface area contributed by atoms with Crippen molar-refractivity contribution in [3.05, 3.63) is 29.3 Å². The molecule has 1 heterocycles. The van der Waals surface area contributed by atoms with Crippen molar-refractivity contribution in [3.63, 3.8) is 0 Å². The van der Waals surface area contributed by atoms with Crippen LogP contribution in [0.15, 0.2) is 18.2 Å². The van der Waals surface area contributed by atoms with Gasteiger partial charge in [0.05, 0.1) is 0 Å². The minimum atomic E-state index is 0.453. The third kappa shape index (κ3) is 2.26. The van der Waals surface area contributed by atoms with Gasteiger partial charge in [0.15, 0.2) is 0 Å². The number of nitrogens with zero attached hydrogens (tertiary/aromatic N) is 1. The summed E-state index contributed by atoms with van der Waals surface area (Å²) in [6, 6.07) is 7.26. The number of anilines is 1. The highest BCUT2D eigenvalue weighted by Gasteiger charge is 2.34. The molecule has 2 fully saturated rings. The zero-order chi connectivity index (χ0) is 12.7. The van der Waals surface area contributed by atoms with Crippen molar-refractivity contribution < 1.29 is 0 Å². The van der Waals surface area contributed by atoms with E-state index in [1.54, 1.807) is 0 Å². The van der Waals surface area contributed by atoms with E-state index in [9.17, 15) is 0 Å². The Kier molecular flexibility index (Phi) is 3.06. The molecule has 2 nitrogen and oxygen atoms in total. The molecule has 1 saturated carbocycles. The van der Waals surface area contributed by atoms with E-state index >= 15 is 0 Å². The summed E-state index contributed by atoms with van der Waals surface area (Å²) in [6.45, 7) is 6.82. The SMILES string of the molecule is Cc1ccc(C)c(N2CC3CC(N)CC(C3)C2)c1. The lowest BCUT2D eigenvalue weighted by molar-refractivity contribution is 0.208. The second-order valence-electron chi connectivity index (χ2n) is 6.39. The molecular weight excluding hydrogens is 220 g/mol. The molecule has 2 bridgehead atoms. The van der Waals surface area contributed by atoms with Gasteiger partial charge < -0.3 is 10.6 Å². The van der Waals surface area contributed by atoms with Gasteiger partial charge >= 0.3 is 0 Å². The first-order valence-corrected chi connectivity index (χ1v) is 7.19. The van der Waals surface area contributed by atoms with Crippen LogP contribution in [-0.2, 0) is 0 Å². The Labute approximate surface area is 110 Å². The molecular formula is C16H24N2. The summed E-state index contributed by atoms with van der Waals surface area (Å²) >= 11 is 0. The zero-order valence-electron chi connectivity index (χ0n) is 11.5. The van der Waals surface area contributed by atoms with Gasteiger partial charge in [-0.25, -0.2) is 0 Å². The maximum atomic E-state index is 6.14. The van der Waals surface area contributed by atoms with Crippen LogP contribution in [0.4, 0.5) is 5.69 Å². The molecule has 2 N–H and O–H groups in total. The number of rotatable bonds is 1. The number of nitrogens with two attached hydrogens (primary N) is 1. The molecule has 2 atom stereocenters. The second kappa shape index (κ2) is 4.58. The normalized spacial score (nSPS) is 31.5. The molecule has 18 heavy (non-hydrogen) atoms. The van der Waals surface area contributed by atoms with Gasteiger partial charge in [-0.05, 0) is 62.1 Å². The minimum absolute atomic E-state index is 0.453. The van der Waals surface area contributed by atoms with Crippen LogP contribution in [0.3, 0.4) is 0 Å². The first-order chi connectivity index (χ1) is 8.61. The number of benzene rings is 1. The van der Waals surface area contributed by atoms with Crippen LogP contribution in [-0.4, -0.2) is 19.1 Å². The Morgan fingerprint density at radius 1 is 1.06 bits per heavy atom. The van der Waals surface area contributed by atoms with E-state index < -0.39 is 0 Å². The third-order valence-corrected chi connectivity index (χ3v) is 4.60. The Balaban J connectivity index is 1.83. The quantitative estimate of drug-likeness (QED) is 0.823. The highest BCUT2D eigenvalue weighted by Crippen LogP contribution is 2.36. The fourth-order valence-corrected chi connectivity index (χ4v) is 3.87. The lowest BCUT2D eigenvalue weighted by Crippen LogP contribution is -2.48. The van der Waals surface area contributed by atoms with E-state index in [0.29, 0.717) is 6.04 Å². The second-order valence-corrected chi connectivity index (χ2v) is 6.39. The van der Waals surface area contributed by atoms with Gasteiger partial charge in [0, 0.05) is 24.8 Å². The molecule has 2 aliphatic rings. The van der Waals surface area contributed by atoms with E-state index in [1.807, 2.05) is 0 Å². The fraction of sp³-hybridized carbons (Fsp3) is 0.625. The smallest absolute Gasteiger partial charge is 0.0398 e. The predicted octanol–water partition coefficient (Wildman–Crippen LogP) is 2.87. The predicted molar refractivity (Wildman–Crippen MR) is 76.9 cm³/mol. The first kappa shape index (κ1) is 12.0. The van der Waals surface area contributed by atoms with Crippen molar-refractivity contribution in [1.82, 2.24) is 0 Å². The molecule has 0 amide bonds. The number of piperidine rings is 1. The van der Waals surface area contributed by atoms with Gasteiger partial charge in [0.25, 0.3) is 0 Å². The molecule has 1 aromatic rings. The Hall–Kier alpha value is -1.02. The standard InChI is InChI=1S/C16H24N2/c1-11-3-4-12(2)16(5-11)18-9-13-6-14(10-18)8-15(17)7-13/h3-5,13-15H,6-10,17H2,1-2H3. The van der Waals surface area contributed by atoms with Crippen LogP contribution < -0.4 is 10.6 Å². The Morgan fingerprint density at radius 2 is 1.72 bits per heavy atom. The van der Waals surface area contributed by atoms with E-state index in [4.69, 9.17) is 5.73 Å². The molecule has 2 unspecified atom stereocenters. The molecule has 0 spiro atoms. The molecule has 0 radical (unpaired) electrons. The van der Waals surface area contributed by atoms with E-state index in [0.717, 1.165) is 11.8 Å². The molecule has 1 aliphatic heterocycles. The summed E-state index contributed by atoms with van der Waals surface area (Å²) in [5.41, 5.74) is 10.4. The van der Waals surface area contributed by atoms with Crippen LogP contribution in [0.5, 0.6) is 0 Å². The van der Waals surface area contributed by atoms with Gasteiger partial charge in [-0.1, -0.05) is 12.1 Å². The summed E-state index contributed by atoms with van der Waals surface area (Å²) in [6.07, 6.45) is 3.84.